The van der Waals surface area contributed by atoms with Gasteiger partial charge in [-0.25, -0.2) is 8.42 Å². The molecule has 0 radical (unpaired) electrons. The van der Waals surface area contributed by atoms with Crippen LogP contribution in [0.1, 0.15) is 5.82 Å². The van der Waals surface area contributed by atoms with Gasteiger partial charge in [-0.05, 0) is 12.1 Å². The number of hydrogen-bond acceptors (Lipinski definition) is 5. The molecule has 8 heteroatoms. The first-order chi connectivity index (χ1) is 9.04. The number of ether oxygens (including phenoxy) is 1. The van der Waals surface area contributed by atoms with Crippen molar-refractivity contribution in [2.45, 2.75) is 11.6 Å². The van der Waals surface area contributed by atoms with Crippen molar-refractivity contribution in [3.8, 4) is 5.69 Å². The third-order valence-electron chi connectivity index (χ3n) is 2.46. The molecular weight excluding hydrogens is 290 g/mol. The Morgan fingerprint density at radius 2 is 1.95 bits per heavy atom. The Labute approximate surface area is 115 Å². The first-order valence-corrected chi connectivity index (χ1v) is 7.78. The maximum absolute atomic E-state index is 11.5. The van der Waals surface area contributed by atoms with Gasteiger partial charge >= 0.3 is 0 Å². The summed E-state index contributed by atoms with van der Waals surface area (Å²) in [5.74, 6) is 0.479. The summed E-state index contributed by atoms with van der Waals surface area (Å²) >= 11 is 0. The van der Waals surface area contributed by atoms with Gasteiger partial charge in [0.05, 0.1) is 6.61 Å². The second kappa shape index (κ2) is 5.68. The van der Waals surface area contributed by atoms with Crippen LogP contribution in [0.3, 0.4) is 0 Å². The Morgan fingerprint density at radius 3 is 2.53 bits per heavy atom. The average molecular weight is 302 g/mol. The Hall–Kier alpha value is -1.44. The third-order valence-corrected chi connectivity index (χ3v) is 3.58. The fraction of sp³-hybridized carbons (Fsp3) is 0.273. The van der Waals surface area contributed by atoms with Crippen LogP contribution in [0.4, 0.5) is 0 Å². The van der Waals surface area contributed by atoms with Gasteiger partial charge < -0.3 is 4.74 Å². The SMILES string of the molecule is COCCc1nnc(S(=O)(=O)Cl)n1-c1ccccc1. The Kier molecular flexibility index (Phi) is 4.18. The van der Waals surface area contributed by atoms with Crippen LogP contribution >= 0.6 is 10.7 Å². The molecule has 1 aromatic carbocycles. The molecule has 6 nitrogen and oxygen atoms in total. The number of para-hydroxylation sites is 1. The number of hydrogen-bond donors (Lipinski definition) is 0. The van der Waals surface area contributed by atoms with Crippen LogP contribution < -0.4 is 0 Å². The van der Waals surface area contributed by atoms with Crippen molar-refractivity contribution in [2.75, 3.05) is 13.7 Å². The molecule has 102 valence electrons. The smallest absolute Gasteiger partial charge is 0.297 e. The second-order valence-corrected chi connectivity index (χ2v) is 6.21. The van der Waals surface area contributed by atoms with E-state index in [9.17, 15) is 8.42 Å². The normalized spacial score (nSPS) is 11.7. The highest BCUT2D eigenvalue weighted by Gasteiger charge is 2.23. The Bertz CT molecular complexity index is 655. The number of rotatable bonds is 5. The fourth-order valence-electron chi connectivity index (χ4n) is 1.65. The molecule has 0 aliphatic carbocycles. The van der Waals surface area contributed by atoms with Crippen molar-refractivity contribution in [2.24, 2.45) is 0 Å². The van der Waals surface area contributed by atoms with Crippen molar-refractivity contribution >= 4 is 19.7 Å². The highest BCUT2D eigenvalue weighted by atomic mass is 35.7. The Balaban J connectivity index is 2.57. The molecule has 0 saturated carbocycles. The van der Waals surface area contributed by atoms with E-state index in [4.69, 9.17) is 15.4 Å². The summed E-state index contributed by atoms with van der Waals surface area (Å²) < 4.78 is 29.4. The van der Waals surface area contributed by atoms with Gasteiger partial charge in [0, 0.05) is 29.9 Å². The maximum atomic E-state index is 11.5. The molecule has 0 N–H and O–H groups in total. The number of aromatic nitrogens is 3. The molecule has 0 fully saturated rings. The van der Waals surface area contributed by atoms with E-state index < -0.39 is 9.05 Å². The van der Waals surface area contributed by atoms with E-state index in [-0.39, 0.29) is 5.16 Å². The molecule has 0 aliphatic heterocycles. The number of methoxy groups -OCH3 is 1. The third kappa shape index (κ3) is 3.12. The van der Waals surface area contributed by atoms with Gasteiger partial charge in [-0.2, -0.15) is 0 Å². The van der Waals surface area contributed by atoms with E-state index in [1.807, 2.05) is 6.07 Å². The van der Waals surface area contributed by atoms with Crippen LogP contribution in [0.2, 0.25) is 0 Å². The lowest BCUT2D eigenvalue weighted by Gasteiger charge is -2.08. The summed E-state index contributed by atoms with van der Waals surface area (Å²) in [5.41, 5.74) is 0.637. The van der Waals surface area contributed by atoms with Crippen molar-refractivity contribution in [3.63, 3.8) is 0 Å². The lowest BCUT2D eigenvalue weighted by Crippen LogP contribution is -2.09. The van der Waals surface area contributed by atoms with Gasteiger partial charge in [0.15, 0.2) is 0 Å². The van der Waals surface area contributed by atoms with Gasteiger partial charge in [-0.15, -0.1) is 10.2 Å². The first-order valence-electron chi connectivity index (χ1n) is 5.47. The fourth-order valence-corrected chi connectivity index (χ4v) is 2.52. The highest BCUT2D eigenvalue weighted by molar-refractivity contribution is 8.13. The van der Waals surface area contributed by atoms with Gasteiger partial charge in [0.25, 0.3) is 14.2 Å². The summed E-state index contributed by atoms with van der Waals surface area (Å²) in [7, 11) is 2.97. The number of benzene rings is 1. The van der Waals surface area contributed by atoms with E-state index in [2.05, 4.69) is 10.2 Å². The lowest BCUT2D eigenvalue weighted by molar-refractivity contribution is 0.200. The summed E-state index contributed by atoms with van der Waals surface area (Å²) in [4.78, 5) is 0. The molecule has 0 bridgehead atoms. The minimum absolute atomic E-state index is 0.286. The molecule has 0 saturated heterocycles. The standard InChI is InChI=1S/C11H12ClN3O3S/c1-18-8-7-10-13-14-11(19(12,16)17)15(10)9-5-3-2-4-6-9/h2-6H,7-8H2,1H3. The molecule has 0 atom stereocenters. The molecule has 0 amide bonds. The molecule has 19 heavy (non-hydrogen) atoms. The van der Waals surface area contributed by atoms with E-state index in [0.29, 0.717) is 24.5 Å². The average Bonchev–Trinajstić information content (AvgIpc) is 2.81. The summed E-state index contributed by atoms with van der Waals surface area (Å²) in [6, 6.07) is 8.92. The maximum Gasteiger partial charge on any atom is 0.297 e. The van der Waals surface area contributed by atoms with Crippen molar-refractivity contribution < 1.29 is 13.2 Å². The van der Waals surface area contributed by atoms with Crippen LogP contribution in [0.5, 0.6) is 0 Å². The van der Waals surface area contributed by atoms with Gasteiger partial charge in [-0.1, -0.05) is 18.2 Å². The predicted octanol–water partition coefficient (Wildman–Crippen LogP) is 1.38. The van der Waals surface area contributed by atoms with E-state index >= 15 is 0 Å². The molecule has 1 aromatic heterocycles. The van der Waals surface area contributed by atoms with Crippen molar-refractivity contribution in [1.29, 1.82) is 0 Å². The molecular formula is C11H12ClN3O3S. The zero-order chi connectivity index (χ0) is 13.9. The minimum atomic E-state index is -3.97. The first kappa shape index (κ1) is 14.0. The largest absolute Gasteiger partial charge is 0.384 e. The summed E-state index contributed by atoms with van der Waals surface area (Å²) in [6.07, 6.45) is 0.435. The van der Waals surface area contributed by atoms with E-state index in [1.54, 1.807) is 31.4 Å². The quantitative estimate of drug-likeness (QED) is 0.780. The number of nitrogens with zero attached hydrogens (tertiary/aromatic N) is 3. The van der Waals surface area contributed by atoms with Crippen molar-refractivity contribution in [1.82, 2.24) is 14.8 Å². The summed E-state index contributed by atoms with van der Waals surface area (Å²) in [5, 5.41) is 7.23. The van der Waals surface area contributed by atoms with Crippen LogP contribution in [-0.2, 0) is 20.2 Å². The molecule has 2 rings (SSSR count). The Morgan fingerprint density at radius 1 is 1.26 bits per heavy atom. The van der Waals surface area contributed by atoms with Crippen LogP contribution in [0, 0.1) is 0 Å². The van der Waals surface area contributed by atoms with Gasteiger partial charge in [-0.3, -0.25) is 4.57 Å². The molecule has 1 heterocycles. The molecule has 0 aliphatic rings. The zero-order valence-corrected chi connectivity index (χ0v) is 11.7. The molecule has 2 aromatic rings. The van der Waals surface area contributed by atoms with Gasteiger partial charge in [0.1, 0.15) is 5.82 Å². The molecule has 0 unspecified atom stereocenters. The van der Waals surface area contributed by atoms with Crippen molar-refractivity contribution in [3.05, 3.63) is 36.2 Å². The lowest BCUT2D eigenvalue weighted by atomic mass is 10.3. The van der Waals surface area contributed by atoms with Crippen LogP contribution in [-0.4, -0.2) is 36.9 Å². The van der Waals surface area contributed by atoms with E-state index in [1.165, 1.54) is 4.57 Å². The van der Waals surface area contributed by atoms with Gasteiger partial charge in [0.2, 0.25) is 0 Å². The van der Waals surface area contributed by atoms with Crippen LogP contribution in [0.25, 0.3) is 5.69 Å². The number of halogens is 1. The van der Waals surface area contributed by atoms with Crippen LogP contribution in [0.15, 0.2) is 35.5 Å². The van der Waals surface area contributed by atoms with E-state index in [0.717, 1.165) is 0 Å². The summed E-state index contributed by atoms with van der Waals surface area (Å²) in [6.45, 7) is 0.410. The monoisotopic (exact) mass is 301 g/mol. The highest BCUT2D eigenvalue weighted by Crippen LogP contribution is 2.20. The predicted molar refractivity (Wildman–Crippen MR) is 70.0 cm³/mol. The zero-order valence-electron chi connectivity index (χ0n) is 10.2. The second-order valence-electron chi connectivity index (χ2n) is 3.75. The minimum Gasteiger partial charge on any atom is -0.384 e. The topological polar surface area (TPSA) is 74.1 Å². The molecule has 0 spiro atoms.